The minimum atomic E-state index is -0.803. The maximum Gasteiger partial charge on any atom is 0.320 e. The van der Waals surface area contributed by atoms with E-state index >= 15 is 4.39 Å². The molecule has 316 valence electrons. The molecule has 5 aliphatic rings. The van der Waals surface area contributed by atoms with Gasteiger partial charge in [-0.25, -0.2) is 14.2 Å². The summed E-state index contributed by atoms with van der Waals surface area (Å²) in [6.45, 7) is 8.54. The fourth-order valence-corrected chi connectivity index (χ4v) is 9.41. The smallest absolute Gasteiger partial charge is 0.320 e. The number of halogens is 1. The lowest BCUT2D eigenvalue weighted by Crippen LogP contribution is -2.49. The first kappa shape index (κ1) is 39.4. The minimum Gasteiger partial charge on any atom is -0.371 e. The molecule has 0 bridgehead atoms. The van der Waals surface area contributed by atoms with Gasteiger partial charge in [0, 0.05) is 115 Å². The maximum absolute atomic E-state index is 15.7. The molecule has 60 heavy (non-hydrogen) atoms. The predicted octanol–water partition coefficient (Wildman–Crippen LogP) is 2.40. The molecular formula is C41H51FN14O4. The van der Waals surface area contributed by atoms with Crippen molar-refractivity contribution in [2.24, 2.45) is 11.7 Å². The molecule has 1 aromatic carbocycles. The second kappa shape index (κ2) is 16.5. The van der Waals surface area contributed by atoms with Crippen LogP contribution in [0.2, 0.25) is 0 Å². The number of carbonyl (C=O) groups is 4. The topological polar surface area (TPSA) is 194 Å². The Balaban J connectivity index is 0.769. The average Bonchev–Trinajstić information content (AvgIpc) is 3.83. The Morgan fingerprint density at radius 3 is 2.47 bits per heavy atom. The van der Waals surface area contributed by atoms with E-state index in [0.29, 0.717) is 75.4 Å². The summed E-state index contributed by atoms with van der Waals surface area (Å²) in [5.74, 6) is -1.09. The highest BCUT2D eigenvalue weighted by Crippen LogP contribution is 2.31. The summed E-state index contributed by atoms with van der Waals surface area (Å²) >= 11 is 0. The number of nitrogens with two attached hydrogens (primary N) is 1. The molecule has 0 spiro atoms. The molecule has 1 unspecified atom stereocenters. The van der Waals surface area contributed by atoms with Crippen LogP contribution in [0.15, 0.2) is 42.7 Å². The standard InChI is InChI=1S/C41H51FN14O4/c1-50-15-20-55(41(50)60)29-3-2-11-54(25-29)40-47-38(36(37(43)58)48-49-40)45-27-4-6-32(31(42)21-27)53-18-16-51(17-19-53)24-26-8-12-52(13-9-26)28-10-14-56-33(23-44-34(56)22-28)30-5-7-35(57)46-39(30)59/h4,6,10,14,21-23,26,29-30H,2-3,5,7-9,11-13,15-20,24-25H2,1H3,(H2,43,58)(H,45,47,49)(H,46,57,59)/t29-,30?/m1/s1. The lowest BCUT2D eigenvalue weighted by molar-refractivity contribution is -0.134. The van der Waals surface area contributed by atoms with Gasteiger partial charge < -0.3 is 40.0 Å². The Kier molecular flexibility index (Phi) is 10.8. The van der Waals surface area contributed by atoms with E-state index in [2.05, 4.69) is 57.6 Å². The van der Waals surface area contributed by atoms with Crippen molar-refractivity contribution in [2.45, 2.75) is 50.5 Å². The van der Waals surface area contributed by atoms with Gasteiger partial charge in [0.25, 0.3) is 5.91 Å². The van der Waals surface area contributed by atoms with E-state index in [1.54, 1.807) is 30.3 Å². The van der Waals surface area contributed by atoms with Crippen LogP contribution in [-0.4, -0.2) is 148 Å². The monoisotopic (exact) mass is 822 g/mol. The third-order valence-corrected chi connectivity index (χ3v) is 12.8. The molecule has 5 fully saturated rings. The summed E-state index contributed by atoms with van der Waals surface area (Å²) < 4.78 is 17.7. The number of fused-ring (bicyclic) bond motifs is 1. The third-order valence-electron chi connectivity index (χ3n) is 12.8. The number of imidazole rings is 1. The van der Waals surface area contributed by atoms with E-state index in [9.17, 15) is 19.2 Å². The molecule has 9 rings (SSSR count). The molecule has 5 amide bonds. The van der Waals surface area contributed by atoms with Crippen molar-refractivity contribution < 1.29 is 23.6 Å². The van der Waals surface area contributed by atoms with Gasteiger partial charge in [0.15, 0.2) is 11.5 Å². The second-order valence-corrected chi connectivity index (χ2v) is 16.6. The van der Waals surface area contributed by atoms with Gasteiger partial charge in [-0.2, -0.15) is 4.98 Å². The van der Waals surface area contributed by atoms with Crippen LogP contribution in [0.3, 0.4) is 0 Å². The lowest BCUT2D eigenvalue weighted by atomic mass is 9.95. The number of urea groups is 1. The fourth-order valence-electron chi connectivity index (χ4n) is 9.41. The molecule has 18 nitrogen and oxygen atoms in total. The van der Waals surface area contributed by atoms with Gasteiger partial charge >= 0.3 is 6.03 Å². The highest BCUT2D eigenvalue weighted by molar-refractivity contribution is 6.01. The van der Waals surface area contributed by atoms with E-state index in [0.717, 1.165) is 75.4 Å². The summed E-state index contributed by atoms with van der Waals surface area (Å²) in [6.07, 6.45) is 8.40. The molecule has 0 aliphatic carbocycles. The number of aromatic nitrogens is 5. The quantitative estimate of drug-likeness (QED) is 0.198. The number of likely N-dealkylation sites (N-methyl/N-ethyl adjacent to an activating group) is 1. The minimum absolute atomic E-state index is 0.0110. The molecule has 8 heterocycles. The summed E-state index contributed by atoms with van der Waals surface area (Å²) in [6, 6.07) is 9.09. The van der Waals surface area contributed by atoms with Gasteiger partial charge in [-0.15, -0.1) is 10.2 Å². The number of pyridine rings is 1. The number of nitrogens with zero attached hydrogens (tertiary/aromatic N) is 11. The van der Waals surface area contributed by atoms with Gasteiger partial charge in [-0.05, 0) is 62.3 Å². The normalized spacial score (nSPS) is 22.2. The van der Waals surface area contributed by atoms with Crippen LogP contribution < -0.4 is 31.1 Å². The van der Waals surface area contributed by atoms with E-state index in [4.69, 9.17) is 5.73 Å². The van der Waals surface area contributed by atoms with Crippen LogP contribution in [0, 0.1) is 11.7 Å². The van der Waals surface area contributed by atoms with Crippen molar-refractivity contribution in [1.82, 2.24) is 44.6 Å². The second-order valence-electron chi connectivity index (χ2n) is 16.6. The molecule has 2 atom stereocenters. The van der Waals surface area contributed by atoms with Crippen molar-refractivity contribution in [3.05, 3.63) is 59.9 Å². The molecule has 4 aromatic rings. The number of amides is 5. The van der Waals surface area contributed by atoms with Crippen LogP contribution in [0.1, 0.15) is 60.6 Å². The highest BCUT2D eigenvalue weighted by atomic mass is 19.1. The number of piperidine rings is 3. The van der Waals surface area contributed by atoms with Crippen LogP contribution in [-0.2, 0) is 9.59 Å². The number of anilines is 5. The number of hydrogen-bond acceptors (Lipinski definition) is 13. The molecule has 19 heteroatoms. The molecule has 0 saturated carbocycles. The Morgan fingerprint density at radius 2 is 1.73 bits per heavy atom. The van der Waals surface area contributed by atoms with Crippen molar-refractivity contribution in [3.8, 4) is 0 Å². The van der Waals surface area contributed by atoms with Crippen molar-refractivity contribution in [1.29, 1.82) is 0 Å². The Hall–Kier alpha value is -6.11. The van der Waals surface area contributed by atoms with Gasteiger partial charge in [0.2, 0.25) is 17.8 Å². The van der Waals surface area contributed by atoms with Crippen LogP contribution in [0.25, 0.3) is 5.65 Å². The number of benzene rings is 1. The van der Waals surface area contributed by atoms with E-state index in [1.165, 1.54) is 6.07 Å². The van der Waals surface area contributed by atoms with Crippen LogP contribution in [0.4, 0.5) is 38.0 Å². The van der Waals surface area contributed by atoms with Crippen molar-refractivity contribution >= 4 is 58.2 Å². The van der Waals surface area contributed by atoms with E-state index in [-0.39, 0.29) is 47.1 Å². The summed E-state index contributed by atoms with van der Waals surface area (Å²) in [4.78, 5) is 70.8. The number of primary amides is 1. The summed E-state index contributed by atoms with van der Waals surface area (Å²) in [5.41, 5.74) is 9.12. The average molecular weight is 823 g/mol. The molecule has 4 N–H and O–H groups in total. The molecule has 5 saturated heterocycles. The van der Waals surface area contributed by atoms with E-state index in [1.807, 2.05) is 20.4 Å². The number of imide groups is 1. The van der Waals surface area contributed by atoms with Crippen molar-refractivity contribution in [3.63, 3.8) is 0 Å². The Bertz CT molecular complexity index is 2290. The first-order valence-electron chi connectivity index (χ1n) is 21.0. The molecular weight excluding hydrogens is 772 g/mol. The van der Waals surface area contributed by atoms with Gasteiger partial charge in [-0.3, -0.25) is 24.6 Å². The van der Waals surface area contributed by atoms with Gasteiger partial charge in [0.05, 0.1) is 23.3 Å². The Morgan fingerprint density at radius 1 is 0.917 bits per heavy atom. The first-order chi connectivity index (χ1) is 29.1. The zero-order valence-corrected chi connectivity index (χ0v) is 33.8. The molecule has 0 radical (unpaired) electrons. The number of rotatable bonds is 10. The summed E-state index contributed by atoms with van der Waals surface area (Å²) in [7, 11) is 1.80. The number of nitrogens with one attached hydrogen (secondary N) is 2. The first-order valence-corrected chi connectivity index (χ1v) is 21.0. The fraction of sp³-hybridized carbons (Fsp3) is 0.512. The summed E-state index contributed by atoms with van der Waals surface area (Å²) in [5, 5.41) is 13.8. The lowest BCUT2D eigenvalue weighted by Gasteiger charge is -2.40. The van der Waals surface area contributed by atoms with Gasteiger partial charge in [-0.1, -0.05) is 0 Å². The molecule has 3 aromatic heterocycles. The van der Waals surface area contributed by atoms with E-state index < -0.39 is 5.91 Å². The zero-order chi connectivity index (χ0) is 41.5. The zero-order valence-electron chi connectivity index (χ0n) is 33.8. The largest absolute Gasteiger partial charge is 0.371 e. The number of hydrogen-bond donors (Lipinski definition) is 3. The molecule has 5 aliphatic heterocycles. The van der Waals surface area contributed by atoms with Crippen LogP contribution in [0.5, 0.6) is 0 Å². The van der Waals surface area contributed by atoms with Crippen molar-refractivity contribution in [2.75, 3.05) is 99.1 Å². The Labute approximate surface area is 346 Å². The number of piperazine rings is 1. The predicted molar refractivity (Wildman–Crippen MR) is 222 cm³/mol. The third kappa shape index (κ3) is 7.97. The number of carbonyl (C=O) groups excluding carboxylic acids is 4. The highest BCUT2D eigenvalue weighted by Gasteiger charge is 2.36. The maximum atomic E-state index is 15.7. The van der Waals surface area contributed by atoms with Gasteiger partial charge in [0.1, 0.15) is 11.5 Å². The van der Waals surface area contributed by atoms with Crippen LogP contribution >= 0.6 is 0 Å². The SMILES string of the molecule is CN1CCN([C@@H]2CCCN(c3nnc(C(N)=O)c(Nc4ccc(N5CCN(CC6CCN(c7ccn8c(C9CCC(=O)NC9=O)cnc8c7)CC6)CC5)c(F)c4)n3)C2)C1=O.